The second-order valence-corrected chi connectivity index (χ2v) is 5.80. The van der Waals surface area contributed by atoms with Crippen LogP contribution in [0.2, 0.25) is 0 Å². The molecule has 0 fully saturated rings. The Morgan fingerprint density at radius 1 is 1.04 bits per heavy atom. The van der Waals surface area contributed by atoms with Gasteiger partial charge in [0, 0.05) is 34.4 Å². The number of methoxy groups -OCH3 is 2. The van der Waals surface area contributed by atoms with Gasteiger partial charge in [-0.05, 0) is 45.8 Å². The van der Waals surface area contributed by atoms with Crippen LogP contribution in [0.15, 0.2) is 36.0 Å². The van der Waals surface area contributed by atoms with Gasteiger partial charge < -0.3 is 26.0 Å². The lowest BCUT2D eigenvalue weighted by molar-refractivity contribution is -0.176. The molecule has 0 spiro atoms. The SMILES string of the molecule is C=C/C(=C\C)C(C)(C)OC.CC.CC(C)(O)/C(=C/CN)CN.COC.OO. The van der Waals surface area contributed by atoms with Crippen molar-refractivity contribution < 1.29 is 25.1 Å². The molecule has 27 heavy (non-hydrogen) atoms. The first kappa shape index (κ1) is 36.8. The molecular formula is C20H46N2O5. The maximum absolute atomic E-state index is 9.40. The standard InChI is InChI=1S/C9H16O.C7H16N2O.C2H6O.C2H6.H2O2/c1-6-8(7-2)9(3,4)10-5;1-7(2,10)6(5-9)3-4-8;1-3-2;2*1-2/h6-7H,1H2,2-5H3;3,10H,4-5,8-9H2,1-2H3;1-2H3;1-2H3;1-2H/b8-7+;6-3+;;;. The number of rotatable bonds is 6. The lowest BCUT2D eigenvalue weighted by atomic mass is 9.98. The van der Waals surface area contributed by atoms with E-state index in [2.05, 4.69) is 11.3 Å². The first-order valence-corrected chi connectivity index (χ1v) is 8.78. The van der Waals surface area contributed by atoms with Gasteiger partial charge in [0.05, 0.1) is 11.2 Å². The third-order valence-electron chi connectivity index (χ3n) is 3.11. The molecule has 166 valence electrons. The van der Waals surface area contributed by atoms with E-state index >= 15 is 0 Å². The lowest BCUT2D eigenvalue weighted by Gasteiger charge is -2.23. The third kappa shape index (κ3) is 24.9. The Morgan fingerprint density at radius 2 is 1.41 bits per heavy atom. The van der Waals surface area contributed by atoms with Crippen LogP contribution in [0.3, 0.4) is 0 Å². The summed E-state index contributed by atoms with van der Waals surface area (Å²) in [4.78, 5) is 0. The zero-order valence-electron chi connectivity index (χ0n) is 19.2. The van der Waals surface area contributed by atoms with E-state index in [0.717, 1.165) is 11.1 Å². The Bertz CT molecular complexity index is 360. The molecular weight excluding hydrogens is 348 g/mol. The molecule has 0 bridgehead atoms. The first-order chi connectivity index (χ1) is 12.5. The molecule has 0 aromatic rings. The van der Waals surface area contributed by atoms with Crippen LogP contribution in [0, 0.1) is 0 Å². The predicted octanol–water partition coefficient (Wildman–Crippen LogP) is 3.45. The summed E-state index contributed by atoms with van der Waals surface area (Å²) < 4.78 is 9.49. The van der Waals surface area contributed by atoms with Crippen molar-refractivity contribution in [2.75, 3.05) is 34.4 Å². The van der Waals surface area contributed by atoms with Gasteiger partial charge in [-0.2, -0.15) is 0 Å². The summed E-state index contributed by atoms with van der Waals surface area (Å²) in [6, 6.07) is 0. The van der Waals surface area contributed by atoms with Gasteiger partial charge in [0.15, 0.2) is 0 Å². The monoisotopic (exact) mass is 394 g/mol. The average Bonchev–Trinajstić information content (AvgIpc) is 2.64. The molecule has 0 saturated heterocycles. The molecule has 0 unspecified atom stereocenters. The van der Waals surface area contributed by atoms with Crippen LogP contribution in [0.5, 0.6) is 0 Å². The summed E-state index contributed by atoms with van der Waals surface area (Å²) in [7, 11) is 4.95. The smallest absolute Gasteiger partial charge is 0.0868 e. The Hall–Kier alpha value is -1.06. The Balaban J connectivity index is -0.0000000896. The summed E-state index contributed by atoms with van der Waals surface area (Å²) in [5, 5.41) is 21.4. The van der Waals surface area contributed by atoms with Crippen molar-refractivity contribution >= 4 is 0 Å². The van der Waals surface area contributed by atoms with E-state index in [9.17, 15) is 5.11 Å². The van der Waals surface area contributed by atoms with Crippen LogP contribution in [-0.2, 0) is 9.47 Å². The number of allylic oxidation sites excluding steroid dienone is 1. The van der Waals surface area contributed by atoms with E-state index in [-0.39, 0.29) is 5.60 Å². The molecule has 0 rings (SSSR count). The van der Waals surface area contributed by atoms with Gasteiger partial charge in [0.2, 0.25) is 0 Å². The molecule has 7 heteroatoms. The van der Waals surface area contributed by atoms with E-state index < -0.39 is 5.60 Å². The minimum Gasteiger partial charge on any atom is -0.388 e. The Kier molecular flexibility index (Phi) is 34.0. The highest BCUT2D eigenvalue weighted by molar-refractivity contribution is 5.24. The molecule has 0 saturated carbocycles. The van der Waals surface area contributed by atoms with Gasteiger partial charge in [-0.25, -0.2) is 0 Å². The highest BCUT2D eigenvalue weighted by Gasteiger charge is 2.18. The predicted molar refractivity (Wildman–Crippen MR) is 117 cm³/mol. The fraction of sp³-hybridized carbons (Fsp3) is 0.700. The van der Waals surface area contributed by atoms with E-state index in [1.165, 1.54) is 0 Å². The summed E-state index contributed by atoms with van der Waals surface area (Å²) in [5.74, 6) is 0. The number of hydrogen-bond donors (Lipinski definition) is 5. The quantitative estimate of drug-likeness (QED) is 0.202. The summed E-state index contributed by atoms with van der Waals surface area (Å²) in [5.41, 5.74) is 11.5. The third-order valence-corrected chi connectivity index (χ3v) is 3.11. The van der Waals surface area contributed by atoms with Crippen molar-refractivity contribution in [3.8, 4) is 0 Å². The van der Waals surface area contributed by atoms with Crippen LogP contribution >= 0.6 is 0 Å². The van der Waals surface area contributed by atoms with Crippen LogP contribution in [-0.4, -0.2) is 61.2 Å². The Labute approximate surface area is 167 Å². The lowest BCUT2D eigenvalue weighted by Crippen LogP contribution is -2.28. The van der Waals surface area contributed by atoms with Gasteiger partial charge in [0.25, 0.3) is 0 Å². The van der Waals surface area contributed by atoms with Crippen molar-refractivity contribution in [2.45, 2.75) is 59.7 Å². The zero-order chi connectivity index (χ0) is 23.1. The second-order valence-electron chi connectivity index (χ2n) is 5.80. The van der Waals surface area contributed by atoms with Crippen molar-refractivity contribution in [1.82, 2.24) is 0 Å². The maximum Gasteiger partial charge on any atom is 0.0868 e. The van der Waals surface area contributed by atoms with E-state index in [1.54, 1.807) is 41.3 Å². The van der Waals surface area contributed by atoms with Crippen molar-refractivity contribution in [3.63, 3.8) is 0 Å². The van der Waals surface area contributed by atoms with Crippen molar-refractivity contribution in [3.05, 3.63) is 36.0 Å². The van der Waals surface area contributed by atoms with Crippen LogP contribution < -0.4 is 11.5 Å². The molecule has 0 amide bonds. The first-order valence-electron chi connectivity index (χ1n) is 8.78. The summed E-state index contributed by atoms with van der Waals surface area (Å²) in [6.07, 6.45) is 5.58. The molecule has 0 aromatic heterocycles. The van der Waals surface area contributed by atoms with Gasteiger partial charge in [-0.3, -0.25) is 10.5 Å². The molecule has 0 aliphatic heterocycles. The molecule has 0 atom stereocenters. The largest absolute Gasteiger partial charge is 0.388 e. The molecule has 7 nitrogen and oxygen atoms in total. The summed E-state index contributed by atoms with van der Waals surface area (Å²) >= 11 is 0. The topological polar surface area (TPSA) is 131 Å². The van der Waals surface area contributed by atoms with E-state index in [1.807, 2.05) is 46.8 Å². The van der Waals surface area contributed by atoms with Gasteiger partial charge in [-0.1, -0.05) is 38.7 Å². The number of hydrogen-bond acceptors (Lipinski definition) is 7. The van der Waals surface area contributed by atoms with Crippen LogP contribution in [0.4, 0.5) is 0 Å². The van der Waals surface area contributed by atoms with Crippen LogP contribution in [0.1, 0.15) is 48.5 Å². The van der Waals surface area contributed by atoms with Crippen molar-refractivity contribution in [2.24, 2.45) is 11.5 Å². The van der Waals surface area contributed by atoms with E-state index in [4.69, 9.17) is 26.7 Å². The number of aliphatic hydroxyl groups is 1. The minimum atomic E-state index is -0.825. The fourth-order valence-corrected chi connectivity index (χ4v) is 1.55. The highest BCUT2D eigenvalue weighted by atomic mass is 17.0. The van der Waals surface area contributed by atoms with Crippen LogP contribution in [0.25, 0.3) is 0 Å². The minimum absolute atomic E-state index is 0.198. The van der Waals surface area contributed by atoms with Gasteiger partial charge in [-0.15, -0.1) is 0 Å². The van der Waals surface area contributed by atoms with Gasteiger partial charge in [0.1, 0.15) is 0 Å². The normalized spacial score (nSPS) is 11.2. The van der Waals surface area contributed by atoms with Crippen molar-refractivity contribution in [1.29, 1.82) is 0 Å². The molecule has 0 aliphatic carbocycles. The molecule has 0 radical (unpaired) electrons. The number of ether oxygens (including phenoxy) is 2. The molecule has 0 aromatic carbocycles. The van der Waals surface area contributed by atoms with E-state index in [0.29, 0.717) is 13.1 Å². The second kappa shape index (κ2) is 24.9. The molecule has 0 heterocycles. The zero-order valence-corrected chi connectivity index (χ0v) is 19.2. The molecule has 0 aliphatic rings. The fourth-order valence-electron chi connectivity index (χ4n) is 1.55. The van der Waals surface area contributed by atoms with Gasteiger partial charge >= 0.3 is 0 Å². The highest BCUT2D eigenvalue weighted by Crippen LogP contribution is 2.19. The molecule has 7 N–H and O–H groups in total. The number of nitrogens with two attached hydrogens (primary N) is 2. The maximum atomic E-state index is 9.40. The Morgan fingerprint density at radius 3 is 1.48 bits per heavy atom. The summed E-state index contributed by atoms with van der Waals surface area (Å²) in [6.45, 7) is 17.9. The average molecular weight is 395 g/mol.